The second-order valence-corrected chi connectivity index (χ2v) is 7.00. The van der Waals surface area contributed by atoms with Gasteiger partial charge in [0.2, 0.25) is 5.91 Å². The Labute approximate surface area is 124 Å². The Kier molecular flexibility index (Phi) is 5.88. The molecule has 2 saturated carbocycles. The highest BCUT2D eigenvalue weighted by Gasteiger charge is 2.38. The lowest BCUT2D eigenvalue weighted by molar-refractivity contribution is -0.132. The zero-order valence-corrected chi connectivity index (χ0v) is 13.1. The number of nitrogens with one attached hydrogen (secondary N) is 1. The summed E-state index contributed by atoms with van der Waals surface area (Å²) in [6.07, 6.45) is 13.0. The van der Waals surface area contributed by atoms with Gasteiger partial charge < -0.3 is 11.1 Å². The Morgan fingerprint density at radius 1 is 1.10 bits per heavy atom. The van der Waals surface area contributed by atoms with Gasteiger partial charge in [-0.2, -0.15) is 0 Å². The second kappa shape index (κ2) is 7.44. The minimum absolute atomic E-state index is 0.252. The molecule has 0 bridgehead atoms. The maximum absolute atomic E-state index is 12.7. The maximum Gasteiger partial charge on any atom is 0.227 e. The van der Waals surface area contributed by atoms with E-state index in [1.807, 2.05) is 0 Å². The monoisotopic (exact) mass is 280 g/mol. The fourth-order valence-electron chi connectivity index (χ4n) is 3.98. The topological polar surface area (TPSA) is 55.1 Å². The predicted molar refractivity (Wildman–Crippen MR) is 83.4 cm³/mol. The lowest BCUT2D eigenvalue weighted by atomic mass is 9.78. The lowest BCUT2D eigenvalue weighted by Crippen LogP contribution is -2.49. The van der Waals surface area contributed by atoms with Gasteiger partial charge in [0.05, 0.1) is 5.41 Å². The number of hydrogen-bond acceptors (Lipinski definition) is 2. The van der Waals surface area contributed by atoms with Gasteiger partial charge in [0.1, 0.15) is 0 Å². The molecule has 3 heteroatoms. The fraction of sp³-hybridized carbons (Fsp3) is 0.941. The Morgan fingerprint density at radius 3 is 2.20 bits per heavy atom. The van der Waals surface area contributed by atoms with Crippen LogP contribution in [-0.2, 0) is 4.79 Å². The number of hydrogen-bond donors (Lipinski definition) is 2. The summed E-state index contributed by atoms with van der Waals surface area (Å²) < 4.78 is 0. The Bertz CT molecular complexity index is 300. The molecule has 0 atom stereocenters. The Hall–Kier alpha value is -0.570. The van der Waals surface area contributed by atoms with Crippen LogP contribution >= 0.6 is 0 Å². The Morgan fingerprint density at radius 2 is 1.70 bits per heavy atom. The van der Waals surface area contributed by atoms with Crippen LogP contribution in [-0.4, -0.2) is 18.5 Å². The largest absolute Gasteiger partial charge is 0.353 e. The molecule has 2 fully saturated rings. The molecule has 0 unspecified atom stereocenters. The van der Waals surface area contributed by atoms with Crippen molar-refractivity contribution in [3.8, 4) is 0 Å². The first-order chi connectivity index (χ1) is 9.70. The van der Waals surface area contributed by atoms with E-state index in [0.29, 0.717) is 12.6 Å². The standard InChI is InChI=1S/C17H32N2O/c1-2-14-7-9-15(10-8-14)19-16(20)17(13-18)11-5-3-4-6-12-17/h14-15H,2-13,18H2,1H3,(H,19,20). The van der Waals surface area contributed by atoms with Crippen molar-refractivity contribution >= 4 is 5.91 Å². The Balaban J connectivity index is 1.89. The van der Waals surface area contributed by atoms with Gasteiger partial charge in [0.15, 0.2) is 0 Å². The van der Waals surface area contributed by atoms with Gasteiger partial charge in [-0.3, -0.25) is 4.79 Å². The number of rotatable bonds is 4. The molecule has 1 amide bonds. The molecule has 20 heavy (non-hydrogen) atoms. The van der Waals surface area contributed by atoms with Crippen LogP contribution in [0.3, 0.4) is 0 Å². The molecule has 2 aliphatic carbocycles. The SMILES string of the molecule is CCC1CCC(NC(=O)C2(CN)CCCCCC2)CC1. The first-order valence-corrected chi connectivity index (χ1v) is 8.71. The normalized spacial score (nSPS) is 30.5. The zero-order chi connectivity index (χ0) is 14.4. The summed E-state index contributed by atoms with van der Waals surface area (Å²) in [5, 5.41) is 3.33. The first kappa shape index (κ1) is 15.8. The van der Waals surface area contributed by atoms with Gasteiger partial charge in [-0.05, 0) is 44.4 Å². The molecule has 0 aromatic rings. The van der Waals surface area contributed by atoms with Crippen molar-refractivity contribution in [2.75, 3.05) is 6.54 Å². The van der Waals surface area contributed by atoms with E-state index in [0.717, 1.165) is 44.4 Å². The molecule has 3 N–H and O–H groups in total. The molecule has 2 rings (SSSR count). The van der Waals surface area contributed by atoms with Gasteiger partial charge in [0.25, 0.3) is 0 Å². The van der Waals surface area contributed by atoms with Gasteiger partial charge in [0, 0.05) is 12.6 Å². The van der Waals surface area contributed by atoms with Crippen LogP contribution in [0.4, 0.5) is 0 Å². The molecule has 0 aromatic carbocycles. The predicted octanol–water partition coefficient (Wildman–Crippen LogP) is 3.37. The summed E-state index contributed by atoms with van der Waals surface area (Å²) in [6, 6.07) is 0.400. The average molecular weight is 280 g/mol. The van der Waals surface area contributed by atoms with Crippen molar-refractivity contribution in [3.05, 3.63) is 0 Å². The minimum atomic E-state index is -0.266. The van der Waals surface area contributed by atoms with Crippen LogP contribution in [0.15, 0.2) is 0 Å². The molecule has 2 aliphatic rings. The third kappa shape index (κ3) is 3.75. The van der Waals surface area contributed by atoms with Crippen molar-refractivity contribution in [2.24, 2.45) is 17.1 Å². The van der Waals surface area contributed by atoms with E-state index in [2.05, 4.69) is 12.2 Å². The highest BCUT2D eigenvalue weighted by Crippen LogP contribution is 2.35. The first-order valence-electron chi connectivity index (χ1n) is 8.71. The summed E-state index contributed by atoms with van der Waals surface area (Å²) >= 11 is 0. The molecule has 0 spiro atoms. The van der Waals surface area contributed by atoms with Crippen LogP contribution in [0.25, 0.3) is 0 Å². The van der Waals surface area contributed by atoms with Crippen LogP contribution in [0.5, 0.6) is 0 Å². The number of amides is 1. The van der Waals surface area contributed by atoms with Gasteiger partial charge in [-0.1, -0.05) is 39.0 Å². The quantitative estimate of drug-likeness (QED) is 0.776. The highest BCUT2D eigenvalue weighted by atomic mass is 16.2. The third-order valence-corrected chi connectivity index (χ3v) is 5.69. The molecule has 0 aliphatic heterocycles. The van der Waals surface area contributed by atoms with Crippen molar-refractivity contribution < 1.29 is 4.79 Å². The van der Waals surface area contributed by atoms with Crippen molar-refractivity contribution in [2.45, 2.75) is 83.6 Å². The number of carbonyl (C=O) groups excluding carboxylic acids is 1. The summed E-state index contributed by atoms with van der Waals surface area (Å²) in [5.41, 5.74) is 5.73. The maximum atomic E-state index is 12.7. The third-order valence-electron chi connectivity index (χ3n) is 5.69. The van der Waals surface area contributed by atoms with E-state index in [-0.39, 0.29) is 11.3 Å². The fourth-order valence-corrected chi connectivity index (χ4v) is 3.98. The molecule has 116 valence electrons. The van der Waals surface area contributed by atoms with Gasteiger partial charge in [-0.15, -0.1) is 0 Å². The highest BCUT2D eigenvalue weighted by molar-refractivity contribution is 5.83. The van der Waals surface area contributed by atoms with E-state index < -0.39 is 0 Å². The van der Waals surface area contributed by atoms with Crippen LogP contribution in [0.1, 0.15) is 77.6 Å². The van der Waals surface area contributed by atoms with E-state index in [4.69, 9.17) is 5.73 Å². The van der Waals surface area contributed by atoms with Gasteiger partial charge >= 0.3 is 0 Å². The molecule has 3 nitrogen and oxygen atoms in total. The van der Waals surface area contributed by atoms with Crippen LogP contribution < -0.4 is 11.1 Å². The smallest absolute Gasteiger partial charge is 0.227 e. The number of carbonyl (C=O) groups is 1. The van der Waals surface area contributed by atoms with Crippen LogP contribution in [0.2, 0.25) is 0 Å². The van der Waals surface area contributed by atoms with E-state index in [1.165, 1.54) is 32.1 Å². The zero-order valence-electron chi connectivity index (χ0n) is 13.1. The summed E-state index contributed by atoms with van der Waals surface area (Å²) in [7, 11) is 0. The molecular formula is C17H32N2O. The number of nitrogens with two attached hydrogens (primary N) is 1. The van der Waals surface area contributed by atoms with E-state index in [1.54, 1.807) is 0 Å². The summed E-state index contributed by atoms with van der Waals surface area (Å²) in [4.78, 5) is 12.7. The minimum Gasteiger partial charge on any atom is -0.353 e. The van der Waals surface area contributed by atoms with E-state index >= 15 is 0 Å². The average Bonchev–Trinajstić information content (AvgIpc) is 2.74. The lowest BCUT2D eigenvalue weighted by Gasteiger charge is -2.34. The van der Waals surface area contributed by atoms with E-state index in [9.17, 15) is 4.79 Å². The molecular weight excluding hydrogens is 248 g/mol. The van der Waals surface area contributed by atoms with Gasteiger partial charge in [-0.25, -0.2) is 0 Å². The van der Waals surface area contributed by atoms with Crippen molar-refractivity contribution in [1.29, 1.82) is 0 Å². The van der Waals surface area contributed by atoms with Crippen molar-refractivity contribution in [1.82, 2.24) is 5.32 Å². The molecule has 0 saturated heterocycles. The molecule has 0 heterocycles. The summed E-state index contributed by atoms with van der Waals surface area (Å²) in [5.74, 6) is 1.13. The van der Waals surface area contributed by atoms with Crippen LogP contribution in [0, 0.1) is 11.3 Å². The second-order valence-electron chi connectivity index (χ2n) is 7.00. The molecule has 0 radical (unpaired) electrons. The van der Waals surface area contributed by atoms with Crippen molar-refractivity contribution in [3.63, 3.8) is 0 Å². The summed E-state index contributed by atoms with van der Waals surface area (Å²) in [6.45, 7) is 2.79. The molecule has 0 aromatic heterocycles.